The monoisotopic (exact) mass is 506 g/mol. The maximum absolute atomic E-state index is 12.9. The number of fused-ring (bicyclic) bond motifs is 3. The van der Waals surface area contributed by atoms with Crippen LogP contribution in [0.25, 0.3) is 11.0 Å². The third kappa shape index (κ3) is 5.06. The molecule has 1 saturated carbocycles. The van der Waals surface area contributed by atoms with E-state index in [0.717, 1.165) is 48.9 Å². The summed E-state index contributed by atoms with van der Waals surface area (Å²) in [4.78, 5) is 28.3. The molecule has 1 aromatic carbocycles. The molecular formula is C31H42N2O4. The van der Waals surface area contributed by atoms with Gasteiger partial charge in [0, 0.05) is 36.0 Å². The Morgan fingerprint density at radius 1 is 1.05 bits per heavy atom. The highest BCUT2D eigenvalue weighted by molar-refractivity contribution is 5.84. The van der Waals surface area contributed by atoms with Crippen LogP contribution < -0.4 is 15.7 Å². The molecule has 200 valence electrons. The molecular weight excluding hydrogens is 464 g/mol. The van der Waals surface area contributed by atoms with Crippen molar-refractivity contribution in [2.75, 3.05) is 19.6 Å². The van der Waals surface area contributed by atoms with Crippen LogP contribution in [-0.2, 0) is 17.6 Å². The highest BCUT2D eigenvalue weighted by Gasteiger charge is 2.38. The average Bonchev–Trinajstić information content (AvgIpc) is 2.91. The van der Waals surface area contributed by atoms with Crippen molar-refractivity contribution in [3.8, 4) is 5.75 Å². The number of hydrogen-bond donors (Lipinski definition) is 1. The number of aryl methyl sites for hydroxylation is 2. The summed E-state index contributed by atoms with van der Waals surface area (Å²) < 4.78 is 12.3. The minimum absolute atomic E-state index is 0.0310. The number of nitrogens with one attached hydrogen (secondary N) is 1. The summed E-state index contributed by atoms with van der Waals surface area (Å²) in [5, 5.41) is 4.16. The van der Waals surface area contributed by atoms with Gasteiger partial charge >= 0.3 is 5.63 Å². The van der Waals surface area contributed by atoms with Crippen LogP contribution in [0.3, 0.4) is 0 Å². The van der Waals surface area contributed by atoms with Gasteiger partial charge in [-0.2, -0.15) is 0 Å². The van der Waals surface area contributed by atoms with Crippen LogP contribution in [0.4, 0.5) is 0 Å². The van der Waals surface area contributed by atoms with E-state index in [0.29, 0.717) is 35.9 Å². The third-order valence-electron chi connectivity index (χ3n) is 9.80. The van der Waals surface area contributed by atoms with Gasteiger partial charge in [-0.3, -0.25) is 4.79 Å². The van der Waals surface area contributed by atoms with Crippen LogP contribution in [-0.4, -0.2) is 42.1 Å². The quantitative estimate of drug-likeness (QED) is 0.547. The Morgan fingerprint density at radius 3 is 2.76 bits per heavy atom. The predicted molar refractivity (Wildman–Crippen MR) is 145 cm³/mol. The first-order chi connectivity index (χ1) is 18.0. The topological polar surface area (TPSA) is 71.8 Å². The first kappa shape index (κ1) is 25.0. The van der Waals surface area contributed by atoms with Crippen molar-refractivity contribution in [1.82, 2.24) is 10.2 Å². The second-order valence-electron chi connectivity index (χ2n) is 12.1. The predicted octanol–water partition coefficient (Wildman–Crippen LogP) is 5.44. The maximum atomic E-state index is 12.9. The van der Waals surface area contributed by atoms with Gasteiger partial charge in [-0.15, -0.1) is 0 Å². The fraction of sp³-hybridized carbons (Fsp3) is 0.677. The highest BCUT2D eigenvalue weighted by Crippen LogP contribution is 2.43. The van der Waals surface area contributed by atoms with Crippen LogP contribution in [0.15, 0.2) is 21.3 Å². The van der Waals surface area contributed by atoms with Crippen molar-refractivity contribution in [2.24, 2.45) is 5.92 Å². The van der Waals surface area contributed by atoms with E-state index in [4.69, 9.17) is 9.15 Å². The molecule has 0 radical (unpaired) electrons. The smallest absolute Gasteiger partial charge is 0.339 e. The number of hydrogen-bond acceptors (Lipinski definition) is 5. The molecule has 1 aromatic heterocycles. The Hall–Kier alpha value is -2.34. The number of carbonyl (C=O) groups is 1. The SMILES string of the molecule is Cc1c(CCC(=O)NCC2CCCN3CCCCC23)c(=O)oc2cc3c(cc12)CCC1(CCCCC1)O3. The van der Waals surface area contributed by atoms with Gasteiger partial charge in [-0.25, -0.2) is 4.79 Å². The summed E-state index contributed by atoms with van der Waals surface area (Å²) in [6, 6.07) is 4.71. The molecule has 6 heteroatoms. The lowest BCUT2D eigenvalue weighted by Crippen LogP contribution is -2.51. The average molecular weight is 507 g/mol. The molecule has 6 rings (SSSR count). The maximum Gasteiger partial charge on any atom is 0.339 e. The van der Waals surface area contributed by atoms with Crippen molar-refractivity contribution in [1.29, 1.82) is 0 Å². The number of piperidine rings is 2. The third-order valence-corrected chi connectivity index (χ3v) is 9.80. The molecule has 1 amide bonds. The summed E-state index contributed by atoms with van der Waals surface area (Å²) in [5.74, 6) is 1.46. The summed E-state index contributed by atoms with van der Waals surface area (Å²) in [6.07, 6.45) is 15.1. The standard InChI is InChI=1S/C31H42N2O4/c1-21-24(10-11-29(34)32-20-23-8-7-17-33-16-6-3-9-26(23)33)30(35)36-28-19-27-22(18-25(21)28)12-15-31(37-27)13-4-2-5-14-31/h18-19,23,26H,2-17,20H2,1H3,(H,32,34). The lowest BCUT2D eigenvalue weighted by atomic mass is 9.79. The molecule has 2 unspecified atom stereocenters. The Balaban J connectivity index is 1.12. The van der Waals surface area contributed by atoms with E-state index in [1.165, 1.54) is 70.0 Å². The summed E-state index contributed by atoms with van der Waals surface area (Å²) in [5.41, 5.74) is 2.99. The molecule has 1 aliphatic carbocycles. The molecule has 0 bridgehead atoms. The Morgan fingerprint density at radius 2 is 1.89 bits per heavy atom. The van der Waals surface area contributed by atoms with E-state index in [2.05, 4.69) is 16.3 Å². The second-order valence-corrected chi connectivity index (χ2v) is 12.1. The second kappa shape index (κ2) is 10.4. The first-order valence-electron chi connectivity index (χ1n) is 14.8. The number of carbonyl (C=O) groups excluding carboxylic acids is 1. The van der Waals surface area contributed by atoms with E-state index in [1.807, 2.05) is 13.0 Å². The molecule has 4 heterocycles. The van der Waals surface area contributed by atoms with Gasteiger partial charge in [0.05, 0.1) is 0 Å². The Bertz CT molecular complexity index is 1210. The highest BCUT2D eigenvalue weighted by atomic mass is 16.5. The molecule has 6 nitrogen and oxygen atoms in total. The number of nitrogens with zero attached hydrogens (tertiary/aromatic N) is 1. The van der Waals surface area contributed by atoms with Crippen LogP contribution in [0.5, 0.6) is 5.75 Å². The molecule has 4 aliphatic rings. The van der Waals surface area contributed by atoms with Gasteiger partial charge in [-0.05, 0) is 114 Å². The van der Waals surface area contributed by atoms with Crippen molar-refractivity contribution in [3.63, 3.8) is 0 Å². The molecule has 3 aliphatic heterocycles. The normalized spacial score (nSPS) is 25.3. The van der Waals surface area contributed by atoms with E-state index in [9.17, 15) is 9.59 Å². The molecule has 2 aromatic rings. The van der Waals surface area contributed by atoms with Crippen molar-refractivity contribution in [3.05, 3.63) is 39.2 Å². The van der Waals surface area contributed by atoms with Gasteiger partial charge in [0.15, 0.2) is 0 Å². The van der Waals surface area contributed by atoms with E-state index >= 15 is 0 Å². The summed E-state index contributed by atoms with van der Waals surface area (Å²) in [7, 11) is 0. The molecule has 2 atom stereocenters. The van der Waals surface area contributed by atoms with Crippen LogP contribution >= 0.6 is 0 Å². The van der Waals surface area contributed by atoms with Gasteiger partial charge in [0.2, 0.25) is 5.91 Å². The minimum atomic E-state index is -0.328. The zero-order chi connectivity index (χ0) is 25.4. The van der Waals surface area contributed by atoms with Crippen LogP contribution in [0.2, 0.25) is 0 Å². The van der Waals surface area contributed by atoms with Gasteiger partial charge < -0.3 is 19.4 Å². The van der Waals surface area contributed by atoms with E-state index in [1.54, 1.807) is 0 Å². The Labute approximate surface area is 220 Å². The van der Waals surface area contributed by atoms with E-state index in [-0.39, 0.29) is 17.1 Å². The van der Waals surface area contributed by atoms with Crippen molar-refractivity contribution >= 4 is 16.9 Å². The van der Waals surface area contributed by atoms with Crippen molar-refractivity contribution in [2.45, 2.75) is 108 Å². The number of benzene rings is 1. The fourth-order valence-corrected chi connectivity index (χ4v) is 7.62. The lowest BCUT2D eigenvalue weighted by molar-refractivity contribution is -0.121. The molecule has 37 heavy (non-hydrogen) atoms. The van der Waals surface area contributed by atoms with Gasteiger partial charge in [0.25, 0.3) is 0 Å². The molecule has 2 saturated heterocycles. The first-order valence-corrected chi connectivity index (χ1v) is 14.8. The van der Waals surface area contributed by atoms with E-state index < -0.39 is 0 Å². The van der Waals surface area contributed by atoms with Crippen LogP contribution in [0.1, 0.15) is 93.7 Å². The van der Waals surface area contributed by atoms with Gasteiger partial charge in [0.1, 0.15) is 16.9 Å². The zero-order valence-electron chi connectivity index (χ0n) is 22.4. The number of amides is 1. The van der Waals surface area contributed by atoms with Crippen molar-refractivity contribution < 1.29 is 13.9 Å². The minimum Gasteiger partial charge on any atom is -0.487 e. The largest absolute Gasteiger partial charge is 0.487 e. The molecule has 1 spiro atoms. The number of rotatable bonds is 5. The zero-order valence-corrected chi connectivity index (χ0v) is 22.4. The summed E-state index contributed by atoms with van der Waals surface area (Å²) in [6.45, 7) is 5.16. The summed E-state index contributed by atoms with van der Waals surface area (Å²) >= 11 is 0. The molecule has 1 N–H and O–H groups in total. The lowest BCUT2D eigenvalue weighted by Gasteiger charge is -2.44. The number of ether oxygens (including phenoxy) is 1. The fourth-order valence-electron chi connectivity index (χ4n) is 7.62. The Kier molecular flexibility index (Phi) is 7.04. The van der Waals surface area contributed by atoms with Crippen LogP contribution in [0, 0.1) is 12.8 Å². The van der Waals surface area contributed by atoms with Gasteiger partial charge in [-0.1, -0.05) is 12.8 Å². The molecule has 3 fully saturated rings.